The fourth-order valence-corrected chi connectivity index (χ4v) is 7.68. The zero-order valence-electron chi connectivity index (χ0n) is 19.8. The molecule has 2 aromatic rings. The van der Waals surface area contributed by atoms with Crippen LogP contribution in [0, 0.1) is 5.92 Å². The van der Waals surface area contributed by atoms with Crippen molar-refractivity contribution in [1.82, 2.24) is 14.7 Å². The molecule has 3 aliphatic heterocycles. The van der Waals surface area contributed by atoms with E-state index in [4.69, 9.17) is 0 Å². The first-order valence-electron chi connectivity index (χ1n) is 12.6. The van der Waals surface area contributed by atoms with Crippen molar-refractivity contribution in [2.75, 3.05) is 50.8 Å². The summed E-state index contributed by atoms with van der Waals surface area (Å²) in [5.74, 6) is 0.958. The van der Waals surface area contributed by atoms with Crippen molar-refractivity contribution in [2.45, 2.75) is 31.3 Å². The topological polar surface area (TPSA) is 60.9 Å². The monoisotopic (exact) mass is 481 g/mol. The molecule has 7 heteroatoms. The first-order valence-corrected chi connectivity index (χ1v) is 14.4. The predicted molar refractivity (Wildman–Crippen MR) is 134 cm³/mol. The van der Waals surface area contributed by atoms with Crippen LogP contribution in [0.15, 0.2) is 60.7 Å². The van der Waals surface area contributed by atoms with E-state index in [2.05, 4.69) is 75.4 Å². The molecule has 3 fully saturated rings. The molecular formula is C27H35N3O3S. The largest absolute Gasteiger partial charge is 0.340 e. The number of nitrogens with zero attached hydrogens (tertiary/aromatic N) is 3. The minimum Gasteiger partial charge on any atom is -0.340 e. The lowest BCUT2D eigenvalue weighted by atomic mass is 9.93. The van der Waals surface area contributed by atoms with Crippen LogP contribution >= 0.6 is 0 Å². The molecule has 182 valence electrons. The molecule has 0 radical (unpaired) electrons. The molecule has 3 saturated heterocycles. The van der Waals surface area contributed by atoms with Crippen LogP contribution in [-0.4, -0.2) is 85.8 Å². The number of likely N-dealkylation sites (tertiary alicyclic amines) is 1. The van der Waals surface area contributed by atoms with Gasteiger partial charge in [-0.3, -0.25) is 14.6 Å². The van der Waals surface area contributed by atoms with Gasteiger partial charge in [0.25, 0.3) is 0 Å². The average molecular weight is 482 g/mol. The fraction of sp³-hybridized carbons (Fsp3) is 0.519. The molecule has 1 atom stereocenters. The Hall–Kier alpha value is -2.22. The van der Waals surface area contributed by atoms with Crippen molar-refractivity contribution in [3.05, 3.63) is 71.8 Å². The summed E-state index contributed by atoms with van der Waals surface area (Å²) in [7, 11) is -2.87. The summed E-state index contributed by atoms with van der Waals surface area (Å²) >= 11 is 0. The van der Waals surface area contributed by atoms with Crippen LogP contribution in [0.25, 0.3) is 0 Å². The van der Waals surface area contributed by atoms with Crippen molar-refractivity contribution in [1.29, 1.82) is 0 Å². The van der Waals surface area contributed by atoms with E-state index >= 15 is 0 Å². The van der Waals surface area contributed by atoms with Crippen molar-refractivity contribution in [2.24, 2.45) is 5.92 Å². The van der Waals surface area contributed by atoms with E-state index in [9.17, 15) is 13.2 Å². The second-order valence-electron chi connectivity index (χ2n) is 9.95. The quantitative estimate of drug-likeness (QED) is 0.657. The highest BCUT2D eigenvalue weighted by Crippen LogP contribution is 2.30. The van der Waals surface area contributed by atoms with E-state index < -0.39 is 9.84 Å². The van der Waals surface area contributed by atoms with Gasteiger partial charge in [-0.25, -0.2) is 8.42 Å². The molecule has 0 aromatic heterocycles. The van der Waals surface area contributed by atoms with Gasteiger partial charge in [-0.15, -0.1) is 0 Å². The van der Waals surface area contributed by atoms with Crippen LogP contribution in [0.1, 0.15) is 36.4 Å². The van der Waals surface area contributed by atoms with Gasteiger partial charge >= 0.3 is 0 Å². The molecule has 3 heterocycles. The molecule has 3 aliphatic rings. The van der Waals surface area contributed by atoms with Gasteiger partial charge in [0.1, 0.15) is 0 Å². The number of amides is 1. The van der Waals surface area contributed by atoms with Crippen molar-refractivity contribution in [3.8, 4) is 0 Å². The first kappa shape index (κ1) is 23.5. The van der Waals surface area contributed by atoms with E-state index in [0.717, 1.165) is 58.5 Å². The summed E-state index contributed by atoms with van der Waals surface area (Å²) in [6.45, 7) is 4.91. The van der Waals surface area contributed by atoms with Gasteiger partial charge in [0.2, 0.25) is 5.91 Å². The molecule has 0 saturated carbocycles. The van der Waals surface area contributed by atoms with E-state index in [1.54, 1.807) is 0 Å². The third kappa shape index (κ3) is 5.21. The van der Waals surface area contributed by atoms with Crippen LogP contribution < -0.4 is 0 Å². The van der Waals surface area contributed by atoms with Gasteiger partial charge in [0.05, 0.1) is 17.5 Å². The van der Waals surface area contributed by atoms with Crippen molar-refractivity contribution >= 4 is 15.7 Å². The molecule has 0 N–H and O–H groups in total. The Morgan fingerprint density at radius 3 is 1.82 bits per heavy atom. The molecule has 0 aliphatic carbocycles. The summed E-state index contributed by atoms with van der Waals surface area (Å²) in [6.07, 6.45) is 2.42. The first-order chi connectivity index (χ1) is 16.5. The van der Waals surface area contributed by atoms with Crippen LogP contribution in [-0.2, 0) is 14.6 Å². The smallest absolute Gasteiger partial charge is 0.225 e. The maximum atomic E-state index is 13.3. The zero-order chi connectivity index (χ0) is 23.5. The SMILES string of the molecule is O=C(C1CCN([C@H]2CCS(=O)(=O)C2)CC1)N1CCN(C(c2ccccc2)c2ccccc2)CC1. The summed E-state index contributed by atoms with van der Waals surface area (Å²) in [4.78, 5) is 20.2. The van der Waals surface area contributed by atoms with Crippen LogP contribution in [0.2, 0.25) is 0 Å². The number of benzene rings is 2. The molecule has 5 rings (SSSR count). The highest BCUT2D eigenvalue weighted by Gasteiger charge is 2.37. The number of sulfone groups is 1. The maximum Gasteiger partial charge on any atom is 0.225 e. The summed E-state index contributed by atoms with van der Waals surface area (Å²) in [5, 5.41) is 0. The minimum absolute atomic E-state index is 0.0693. The lowest BCUT2D eigenvalue weighted by Crippen LogP contribution is -2.53. The Labute approximate surface area is 203 Å². The second kappa shape index (κ2) is 10.2. The number of hydrogen-bond donors (Lipinski definition) is 0. The number of carbonyl (C=O) groups excluding carboxylic acids is 1. The molecule has 0 bridgehead atoms. The molecule has 2 aromatic carbocycles. The Balaban J connectivity index is 1.17. The summed E-state index contributed by atoms with van der Waals surface area (Å²) in [6, 6.07) is 21.6. The summed E-state index contributed by atoms with van der Waals surface area (Å²) < 4.78 is 23.7. The van der Waals surface area contributed by atoms with Gasteiger partial charge in [-0.1, -0.05) is 60.7 Å². The lowest BCUT2D eigenvalue weighted by molar-refractivity contribution is -0.139. The molecule has 1 amide bonds. The Morgan fingerprint density at radius 1 is 0.765 bits per heavy atom. The third-order valence-corrected chi connectivity index (χ3v) is 9.58. The average Bonchev–Trinajstić information content (AvgIpc) is 3.25. The van der Waals surface area contributed by atoms with Gasteiger partial charge in [-0.05, 0) is 43.5 Å². The zero-order valence-corrected chi connectivity index (χ0v) is 20.6. The second-order valence-corrected chi connectivity index (χ2v) is 12.2. The minimum atomic E-state index is -2.87. The van der Waals surface area contributed by atoms with E-state index in [1.165, 1.54) is 11.1 Å². The normalized spacial score (nSPS) is 24.5. The van der Waals surface area contributed by atoms with Crippen molar-refractivity contribution < 1.29 is 13.2 Å². The number of piperazine rings is 1. The maximum absolute atomic E-state index is 13.3. The van der Waals surface area contributed by atoms with Crippen molar-refractivity contribution in [3.63, 3.8) is 0 Å². The Kier molecular flexibility index (Phi) is 7.04. The highest BCUT2D eigenvalue weighted by atomic mass is 32.2. The molecule has 34 heavy (non-hydrogen) atoms. The number of hydrogen-bond acceptors (Lipinski definition) is 5. The number of rotatable bonds is 5. The molecule has 6 nitrogen and oxygen atoms in total. The van der Waals surface area contributed by atoms with E-state index in [-0.39, 0.29) is 29.7 Å². The van der Waals surface area contributed by atoms with Gasteiger partial charge < -0.3 is 4.90 Å². The highest BCUT2D eigenvalue weighted by molar-refractivity contribution is 7.91. The van der Waals surface area contributed by atoms with Crippen LogP contribution in [0.3, 0.4) is 0 Å². The fourth-order valence-electron chi connectivity index (χ4n) is 5.92. The summed E-state index contributed by atoms with van der Waals surface area (Å²) in [5.41, 5.74) is 2.57. The van der Waals surface area contributed by atoms with Gasteiger partial charge in [0.15, 0.2) is 9.84 Å². The molecular weight excluding hydrogens is 446 g/mol. The van der Waals surface area contributed by atoms with Gasteiger partial charge in [0, 0.05) is 38.1 Å². The van der Waals surface area contributed by atoms with Crippen LogP contribution in [0.5, 0.6) is 0 Å². The predicted octanol–water partition coefficient (Wildman–Crippen LogP) is 2.82. The third-order valence-electron chi connectivity index (χ3n) is 7.83. The van der Waals surface area contributed by atoms with E-state index in [1.807, 2.05) is 0 Å². The molecule has 0 unspecified atom stereocenters. The van der Waals surface area contributed by atoms with E-state index in [0.29, 0.717) is 5.75 Å². The number of piperidine rings is 1. The Bertz CT molecular complexity index is 1020. The van der Waals surface area contributed by atoms with Gasteiger partial charge in [-0.2, -0.15) is 0 Å². The van der Waals surface area contributed by atoms with Crippen LogP contribution in [0.4, 0.5) is 0 Å². The number of carbonyl (C=O) groups is 1. The standard InChI is InChI=1S/C27H35N3O3S/c31-27(24-11-14-28(15-12-24)25-13-20-34(32,33)21-25)30-18-16-29(17-19-30)26(22-7-3-1-4-8-22)23-9-5-2-6-10-23/h1-10,24-26H,11-21H2/t25-/m0/s1. The lowest BCUT2D eigenvalue weighted by Gasteiger charge is -2.42. The Morgan fingerprint density at radius 2 is 1.32 bits per heavy atom. The molecule has 0 spiro atoms.